The molecule has 0 bridgehead atoms. The number of rotatable bonds is 4. The standard InChI is InChI=1S/C15H24N2O/c1-12-9-15(16)7-8-17(12)10-13-3-5-14(6-4-13)11-18-2/h3-6,12,15H,7-11,16H2,1-2H3. The zero-order chi connectivity index (χ0) is 13.0. The number of benzene rings is 1. The lowest BCUT2D eigenvalue weighted by Crippen LogP contribution is -2.44. The smallest absolute Gasteiger partial charge is 0.0713 e. The molecule has 1 saturated heterocycles. The Morgan fingerprint density at radius 1 is 1.28 bits per heavy atom. The summed E-state index contributed by atoms with van der Waals surface area (Å²) in [6.45, 7) is 5.11. The van der Waals surface area contributed by atoms with Crippen LogP contribution in [0, 0.1) is 0 Å². The SMILES string of the molecule is COCc1ccc(CN2CCC(N)CC2C)cc1. The molecule has 0 aromatic heterocycles. The summed E-state index contributed by atoms with van der Waals surface area (Å²) in [7, 11) is 1.73. The number of nitrogens with two attached hydrogens (primary N) is 1. The van der Waals surface area contributed by atoms with Gasteiger partial charge in [0.2, 0.25) is 0 Å². The van der Waals surface area contributed by atoms with E-state index in [1.54, 1.807) is 7.11 Å². The molecule has 0 aliphatic carbocycles. The molecule has 2 unspecified atom stereocenters. The van der Waals surface area contributed by atoms with Crippen molar-refractivity contribution < 1.29 is 4.74 Å². The van der Waals surface area contributed by atoms with Crippen LogP contribution in [0.5, 0.6) is 0 Å². The maximum atomic E-state index is 5.99. The second-order valence-electron chi connectivity index (χ2n) is 5.35. The number of likely N-dealkylation sites (tertiary alicyclic amines) is 1. The average molecular weight is 248 g/mol. The molecule has 18 heavy (non-hydrogen) atoms. The Bertz CT molecular complexity index is 363. The Morgan fingerprint density at radius 3 is 2.56 bits per heavy atom. The van der Waals surface area contributed by atoms with Gasteiger partial charge in [-0.1, -0.05) is 24.3 Å². The highest BCUT2D eigenvalue weighted by Crippen LogP contribution is 2.19. The van der Waals surface area contributed by atoms with Crippen molar-refractivity contribution >= 4 is 0 Å². The summed E-state index contributed by atoms with van der Waals surface area (Å²) in [5.74, 6) is 0. The van der Waals surface area contributed by atoms with Crippen LogP contribution in [0.3, 0.4) is 0 Å². The summed E-state index contributed by atoms with van der Waals surface area (Å²) in [6, 6.07) is 9.69. The molecule has 3 heteroatoms. The molecule has 1 heterocycles. The monoisotopic (exact) mass is 248 g/mol. The van der Waals surface area contributed by atoms with Gasteiger partial charge in [0.05, 0.1) is 6.61 Å². The summed E-state index contributed by atoms with van der Waals surface area (Å²) < 4.78 is 5.12. The van der Waals surface area contributed by atoms with Crippen LogP contribution >= 0.6 is 0 Å². The van der Waals surface area contributed by atoms with E-state index in [0.29, 0.717) is 18.7 Å². The maximum absolute atomic E-state index is 5.99. The first-order valence-corrected chi connectivity index (χ1v) is 6.75. The molecule has 1 aromatic carbocycles. The summed E-state index contributed by atoms with van der Waals surface area (Å²) >= 11 is 0. The molecule has 1 aromatic rings. The van der Waals surface area contributed by atoms with E-state index in [-0.39, 0.29) is 0 Å². The highest BCUT2D eigenvalue weighted by Gasteiger charge is 2.22. The normalized spacial score (nSPS) is 25.3. The Morgan fingerprint density at radius 2 is 1.94 bits per heavy atom. The molecule has 3 nitrogen and oxygen atoms in total. The van der Waals surface area contributed by atoms with E-state index in [0.717, 1.165) is 25.9 Å². The Kier molecular flexibility index (Phi) is 4.75. The van der Waals surface area contributed by atoms with Gasteiger partial charge in [-0.25, -0.2) is 0 Å². The zero-order valence-electron chi connectivity index (χ0n) is 11.4. The number of methoxy groups -OCH3 is 1. The molecule has 100 valence electrons. The Hall–Kier alpha value is -0.900. The molecule has 1 aliphatic heterocycles. The Labute approximate surface area is 110 Å². The molecule has 1 aliphatic rings. The lowest BCUT2D eigenvalue weighted by molar-refractivity contribution is 0.140. The minimum absolute atomic E-state index is 0.389. The summed E-state index contributed by atoms with van der Waals surface area (Å²) in [5.41, 5.74) is 8.60. The van der Waals surface area contributed by atoms with Crippen LogP contribution in [0.1, 0.15) is 30.9 Å². The van der Waals surface area contributed by atoms with E-state index in [1.807, 2.05) is 0 Å². The molecular weight excluding hydrogens is 224 g/mol. The highest BCUT2D eigenvalue weighted by molar-refractivity contribution is 5.22. The molecule has 2 N–H and O–H groups in total. The first-order valence-electron chi connectivity index (χ1n) is 6.75. The lowest BCUT2D eigenvalue weighted by Gasteiger charge is -2.36. The van der Waals surface area contributed by atoms with Gasteiger partial charge in [0.1, 0.15) is 0 Å². The first-order chi connectivity index (χ1) is 8.69. The molecule has 0 spiro atoms. The molecule has 2 atom stereocenters. The van der Waals surface area contributed by atoms with Gasteiger partial charge >= 0.3 is 0 Å². The number of nitrogens with zero attached hydrogens (tertiary/aromatic N) is 1. The fraction of sp³-hybridized carbons (Fsp3) is 0.600. The van der Waals surface area contributed by atoms with Crippen LogP contribution in [0.15, 0.2) is 24.3 Å². The van der Waals surface area contributed by atoms with E-state index in [9.17, 15) is 0 Å². The van der Waals surface area contributed by atoms with Crippen molar-refractivity contribution in [3.05, 3.63) is 35.4 Å². The molecule has 0 amide bonds. The molecule has 1 fully saturated rings. The molecule has 0 radical (unpaired) electrons. The lowest BCUT2D eigenvalue weighted by atomic mass is 9.98. The van der Waals surface area contributed by atoms with Crippen LogP contribution in [0.2, 0.25) is 0 Å². The van der Waals surface area contributed by atoms with Gasteiger partial charge in [-0.05, 0) is 30.9 Å². The molecular formula is C15H24N2O. The molecule has 2 rings (SSSR count). The van der Waals surface area contributed by atoms with Crippen molar-refractivity contribution in [2.24, 2.45) is 5.73 Å². The van der Waals surface area contributed by atoms with Crippen molar-refractivity contribution in [3.63, 3.8) is 0 Å². The molecule has 0 saturated carbocycles. The minimum atomic E-state index is 0.389. The highest BCUT2D eigenvalue weighted by atomic mass is 16.5. The van der Waals surface area contributed by atoms with E-state index in [1.165, 1.54) is 11.1 Å². The number of ether oxygens (including phenoxy) is 1. The van der Waals surface area contributed by atoms with Crippen molar-refractivity contribution in [1.82, 2.24) is 4.90 Å². The van der Waals surface area contributed by atoms with Gasteiger partial charge in [0.15, 0.2) is 0 Å². The summed E-state index contributed by atoms with van der Waals surface area (Å²) in [6.07, 6.45) is 2.23. The van der Waals surface area contributed by atoms with Crippen molar-refractivity contribution in [1.29, 1.82) is 0 Å². The van der Waals surface area contributed by atoms with Gasteiger partial charge in [-0.2, -0.15) is 0 Å². The number of hydrogen-bond donors (Lipinski definition) is 1. The summed E-state index contributed by atoms with van der Waals surface area (Å²) in [5, 5.41) is 0. The van der Waals surface area contributed by atoms with Crippen molar-refractivity contribution in [2.75, 3.05) is 13.7 Å². The average Bonchev–Trinajstić information content (AvgIpc) is 2.35. The van der Waals surface area contributed by atoms with Crippen LogP contribution in [-0.4, -0.2) is 30.6 Å². The minimum Gasteiger partial charge on any atom is -0.380 e. The van der Waals surface area contributed by atoms with E-state index < -0.39 is 0 Å². The first kappa shape index (κ1) is 13.5. The Balaban J connectivity index is 1.92. The van der Waals surface area contributed by atoms with Crippen LogP contribution in [-0.2, 0) is 17.9 Å². The van der Waals surface area contributed by atoms with E-state index in [2.05, 4.69) is 36.1 Å². The maximum Gasteiger partial charge on any atom is 0.0713 e. The van der Waals surface area contributed by atoms with Gasteiger partial charge < -0.3 is 10.5 Å². The van der Waals surface area contributed by atoms with Crippen LogP contribution < -0.4 is 5.73 Å². The van der Waals surface area contributed by atoms with Gasteiger partial charge in [0, 0.05) is 32.3 Å². The fourth-order valence-electron chi connectivity index (χ4n) is 2.63. The van der Waals surface area contributed by atoms with Gasteiger partial charge in [0.25, 0.3) is 0 Å². The van der Waals surface area contributed by atoms with Gasteiger partial charge in [-0.15, -0.1) is 0 Å². The topological polar surface area (TPSA) is 38.5 Å². The predicted octanol–water partition coefficient (Wildman–Crippen LogP) is 2.14. The predicted molar refractivity (Wildman–Crippen MR) is 74.2 cm³/mol. The van der Waals surface area contributed by atoms with E-state index in [4.69, 9.17) is 10.5 Å². The zero-order valence-corrected chi connectivity index (χ0v) is 11.4. The van der Waals surface area contributed by atoms with Crippen LogP contribution in [0.4, 0.5) is 0 Å². The third-order valence-electron chi connectivity index (χ3n) is 3.77. The second kappa shape index (κ2) is 6.32. The third-order valence-corrected chi connectivity index (χ3v) is 3.77. The van der Waals surface area contributed by atoms with Gasteiger partial charge in [-0.3, -0.25) is 4.90 Å². The number of hydrogen-bond acceptors (Lipinski definition) is 3. The fourth-order valence-corrected chi connectivity index (χ4v) is 2.63. The van der Waals surface area contributed by atoms with Crippen molar-refractivity contribution in [3.8, 4) is 0 Å². The largest absolute Gasteiger partial charge is 0.380 e. The second-order valence-corrected chi connectivity index (χ2v) is 5.35. The van der Waals surface area contributed by atoms with Crippen molar-refractivity contribution in [2.45, 2.75) is 45.0 Å². The third kappa shape index (κ3) is 3.55. The van der Waals surface area contributed by atoms with Crippen LogP contribution in [0.25, 0.3) is 0 Å². The quantitative estimate of drug-likeness (QED) is 0.887. The summed E-state index contributed by atoms with van der Waals surface area (Å²) in [4.78, 5) is 2.52. The number of piperidine rings is 1. The van der Waals surface area contributed by atoms with E-state index >= 15 is 0 Å².